The van der Waals surface area contributed by atoms with Crippen LogP contribution in [0.25, 0.3) is 0 Å². The zero-order valence-electron chi connectivity index (χ0n) is 15.9. The fraction of sp³-hybridized carbons (Fsp3) is 0.800. The van der Waals surface area contributed by atoms with Crippen molar-refractivity contribution in [2.24, 2.45) is 0 Å². The molecule has 0 unspecified atom stereocenters. The molecule has 0 saturated carbocycles. The van der Waals surface area contributed by atoms with Gasteiger partial charge in [0, 0.05) is 0 Å². The monoisotopic (exact) mass is 372 g/mol. The number of hydrogen-bond acceptors (Lipinski definition) is 1. The molecule has 1 heterocycles. The Balaban J connectivity index is 2.88. The van der Waals surface area contributed by atoms with E-state index in [9.17, 15) is 0 Å². The summed E-state index contributed by atoms with van der Waals surface area (Å²) in [7, 11) is 0.226. The van der Waals surface area contributed by atoms with Crippen LogP contribution in [-0.2, 0) is 0 Å². The van der Waals surface area contributed by atoms with E-state index < -0.39 is 0 Å². The molecule has 0 aromatic carbocycles. The van der Waals surface area contributed by atoms with Gasteiger partial charge in [0.2, 0.25) is 0 Å². The molecule has 0 amide bonds. The average molecular weight is 373 g/mol. The molecule has 0 nitrogen and oxygen atoms in total. The van der Waals surface area contributed by atoms with Crippen molar-refractivity contribution >= 4 is 37.8 Å². The Bertz CT molecular complexity index is 338. The Morgan fingerprint density at radius 3 is 1.17 bits per heavy atom. The van der Waals surface area contributed by atoms with Gasteiger partial charge in [-0.2, -0.15) is 11.3 Å². The molecule has 0 aliphatic carbocycles. The molecule has 0 atom stereocenters. The third-order valence-electron chi connectivity index (χ3n) is 4.43. The van der Waals surface area contributed by atoms with Crippen molar-refractivity contribution in [2.45, 2.75) is 79.1 Å². The minimum atomic E-state index is 0.113. The zero-order valence-corrected chi connectivity index (χ0v) is 18.5. The van der Waals surface area contributed by atoms with Crippen LogP contribution >= 0.6 is 27.2 Å². The topological polar surface area (TPSA) is 0 Å². The smallest absolute Gasteiger partial charge is 0.000966 e. The van der Waals surface area contributed by atoms with Gasteiger partial charge in [0.25, 0.3) is 0 Å². The summed E-state index contributed by atoms with van der Waals surface area (Å²) in [4.78, 5) is 0. The van der Waals surface area contributed by atoms with E-state index in [1.165, 1.54) is 76.0 Å². The summed E-state index contributed by atoms with van der Waals surface area (Å²) >= 11 is 1.99. The van der Waals surface area contributed by atoms with Crippen LogP contribution in [0.3, 0.4) is 0 Å². The van der Waals surface area contributed by atoms with E-state index in [0.29, 0.717) is 0 Å². The molecule has 0 bridgehead atoms. The molecule has 0 spiro atoms. The predicted octanol–water partition coefficient (Wildman–Crippen LogP) is 7.16. The highest BCUT2D eigenvalue weighted by atomic mass is 32.1. The molecule has 0 N–H and O–H groups in total. The molecule has 0 aliphatic rings. The van der Waals surface area contributed by atoms with Crippen LogP contribution in [0.5, 0.6) is 0 Å². The van der Waals surface area contributed by atoms with Crippen LogP contribution in [0, 0.1) is 0 Å². The largest absolute Gasteiger partial charge is 0.151 e. The van der Waals surface area contributed by atoms with Gasteiger partial charge in [-0.15, -0.1) is 0 Å². The molecule has 23 heavy (non-hydrogen) atoms. The lowest BCUT2D eigenvalue weighted by Crippen LogP contribution is -2.22. The van der Waals surface area contributed by atoms with E-state index >= 15 is 0 Å². The third kappa shape index (κ3) is 7.98. The van der Waals surface area contributed by atoms with Gasteiger partial charge in [0.1, 0.15) is 0 Å². The van der Waals surface area contributed by atoms with Crippen LogP contribution in [0.2, 0.25) is 0 Å². The molecule has 3 heteroatoms. The molecule has 134 valence electrons. The van der Waals surface area contributed by atoms with Crippen molar-refractivity contribution < 1.29 is 0 Å². The van der Waals surface area contributed by atoms with Crippen molar-refractivity contribution in [3.05, 3.63) is 10.8 Å². The van der Waals surface area contributed by atoms with Crippen LogP contribution in [0.15, 0.2) is 10.8 Å². The van der Waals surface area contributed by atoms with Crippen molar-refractivity contribution in [1.82, 2.24) is 0 Å². The van der Waals surface area contributed by atoms with Crippen molar-refractivity contribution in [3.8, 4) is 0 Å². The van der Waals surface area contributed by atoms with Crippen molar-refractivity contribution in [2.75, 3.05) is 24.6 Å². The molecule has 0 fully saturated rings. The zero-order chi connectivity index (χ0) is 16.9. The molecule has 0 saturated heterocycles. The van der Waals surface area contributed by atoms with Gasteiger partial charge < -0.3 is 0 Å². The van der Waals surface area contributed by atoms with E-state index in [1.807, 2.05) is 21.9 Å². The lowest BCUT2D eigenvalue weighted by atomic mass is 10.4. The Hall–Kier alpha value is 0.560. The Kier molecular flexibility index (Phi) is 13.0. The first-order chi connectivity index (χ1) is 11.3. The van der Waals surface area contributed by atoms with Gasteiger partial charge in [-0.1, -0.05) is 69.2 Å². The van der Waals surface area contributed by atoms with Gasteiger partial charge >= 0.3 is 0 Å². The first kappa shape index (κ1) is 21.6. The summed E-state index contributed by atoms with van der Waals surface area (Å²) in [6.07, 6.45) is 17.0. The Morgan fingerprint density at radius 1 is 0.609 bits per heavy atom. The van der Waals surface area contributed by atoms with Crippen LogP contribution in [0.4, 0.5) is 0 Å². The van der Waals surface area contributed by atoms with Gasteiger partial charge in [0.15, 0.2) is 0 Å². The van der Waals surface area contributed by atoms with E-state index in [1.54, 1.807) is 0 Å². The molecular weight excluding hydrogens is 334 g/mol. The molecular formula is C20H38P2S. The summed E-state index contributed by atoms with van der Waals surface area (Å²) < 4.78 is 0. The molecule has 1 rings (SSSR count). The number of thiophene rings is 1. The van der Waals surface area contributed by atoms with E-state index in [4.69, 9.17) is 0 Å². The first-order valence-electron chi connectivity index (χ1n) is 9.84. The molecule has 0 aliphatic heterocycles. The summed E-state index contributed by atoms with van der Waals surface area (Å²) in [5.41, 5.74) is 0. The standard InChI is InChI=1S/C20H38P2S/c1-5-9-13-21(14-10-6-2)19-17-23-18-20(19)22(15-11-7-3)16-12-8-4/h17-18H,5-16H2,1-4H3. The first-order valence-corrected chi connectivity index (χ1v) is 14.2. The van der Waals surface area contributed by atoms with Crippen LogP contribution < -0.4 is 10.6 Å². The Morgan fingerprint density at radius 2 is 0.913 bits per heavy atom. The SMILES string of the molecule is CCCCP(CCCC)c1cscc1P(CCCC)CCCC. The van der Waals surface area contributed by atoms with Crippen molar-refractivity contribution in [1.29, 1.82) is 0 Å². The minimum Gasteiger partial charge on any atom is -0.151 e. The Labute approximate surface area is 152 Å². The maximum Gasteiger partial charge on any atom is -0.000966 e. The highest BCUT2D eigenvalue weighted by molar-refractivity contribution is 7.72. The number of rotatable bonds is 14. The van der Waals surface area contributed by atoms with Crippen LogP contribution in [-0.4, -0.2) is 24.6 Å². The summed E-state index contributed by atoms with van der Waals surface area (Å²) in [6.45, 7) is 9.38. The van der Waals surface area contributed by atoms with Crippen LogP contribution in [0.1, 0.15) is 79.1 Å². The maximum atomic E-state index is 2.54. The summed E-state index contributed by atoms with van der Waals surface area (Å²) in [5, 5.41) is 8.73. The van der Waals surface area contributed by atoms with Crippen molar-refractivity contribution in [3.63, 3.8) is 0 Å². The van der Waals surface area contributed by atoms with E-state index in [-0.39, 0.29) is 15.8 Å². The molecule has 1 aromatic heterocycles. The quantitative estimate of drug-likeness (QED) is 0.304. The summed E-state index contributed by atoms with van der Waals surface area (Å²) in [6, 6.07) is 0. The minimum absolute atomic E-state index is 0.113. The second kappa shape index (κ2) is 13.8. The van der Waals surface area contributed by atoms with Gasteiger partial charge in [0.05, 0.1) is 0 Å². The fourth-order valence-corrected chi connectivity index (χ4v) is 11.0. The summed E-state index contributed by atoms with van der Waals surface area (Å²) in [5.74, 6) is 0. The second-order valence-electron chi connectivity index (χ2n) is 6.53. The van der Waals surface area contributed by atoms with Gasteiger partial charge in [-0.3, -0.25) is 0 Å². The predicted molar refractivity (Wildman–Crippen MR) is 117 cm³/mol. The average Bonchev–Trinajstić information content (AvgIpc) is 3.04. The fourth-order valence-electron chi connectivity index (χ4n) is 2.86. The lowest BCUT2D eigenvalue weighted by Gasteiger charge is -2.23. The number of unbranched alkanes of at least 4 members (excludes halogenated alkanes) is 4. The number of hydrogen-bond donors (Lipinski definition) is 0. The maximum absolute atomic E-state index is 2.54. The molecule has 1 aromatic rings. The van der Waals surface area contributed by atoms with E-state index in [2.05, 4.69) is 38.5 Å². The highest BCUT2D eigenvalue weighted by Gasteiger charge is 2.20. The second-order valence-corrected chi connectivity index (χ2v) is 12.2. The lowest BCUT2D eigenvalue weighted by molar-refractivity contribution is 0.870. The normalized spacial score (nSPS) is 11.7. The van der Waals surface area contributed by atoms with Gasteiger partial charge in [-0.05, 0) is 71.7 Å². The van der Waals surface area contributed by atoms with Gasteiger partial charge in [-0.25, -0.2) is 0 Å². The van der Waals surface area contributed by atoms with E-state index in [0.717, 1.165) is 0 Å². The third-order valence-corrected chi connectivity index (χ3v) is 11.2. The molecule has 0 radical (unpaired) electrons. The highest BCUT2D eigenvalue weighted by Crippen LogP contribution is 2.43.